The number of nitrogens with one attached hydrogen (secondary N) is 2. The number of carbonyl (C=O) groups excluding carboxylic acids is 2. The van der Waals surface area contributed by atoms with Gasteiger partial charge in [0, 0.05) is 6.54 Å². The highest BCUT2D eigenvalue weighted by molar-refractivity contribution is 5.97. The summed E-state index contributed by atoms with van der Waals surface area (Å²) in [7, 11) is 0. The number of carbonyl (C=O) groups is 2. The fourth-order valence-electron chi connectivity index (χ4n) is 2.52. The zero-order valence-electron chi connectivity index (χ0n) is 13.8. The molecule has 1 aliphatic heterocycles. The fourth-order valence-corrected chi connectivity index (χ4v) is 2.52. The average molecular weight is 324 g/mol. The molecule has 2 N–H and O–H groups in total. The number of aryl methyl sites for hydroxylation is 1. The molecule has 3 rings (SSSR count). The van der Waals surface area contributed by atoms with Crippen molar-refractivity contribution in [3.63, 3.8) is 0 Å². The van der Waals surface area contributed by atoms with Crippen molar-refractivity contribution < 1.29 is 14.3 Å². The second-order valence-electron chi connectivity index (χ2n) is 6.02. The number of anilines is 1. The van der Waals surface area contributed by atoms with Crippen LogP contribution in [0.3, 0.4) is 0 Å². The molecule has 5 heteroatoms. The summed E-state index contributed by atoms with van der Waals surface area (Å²) in [4.78, 5) is 23.7. The average Bonchev–Trinajstić information content (AvgIpc) is 2.56. The molecule has 24 heavy (non-hydrogen) atoms. The van der Waals surface area contributed by atoms with E-state index in [-0.39, 0.29) is 11.8 Å². The number of hydrogen-bond donors (Lipinski definition) is 2. The Morgan fingerprint density at radius 3 is 2.62 bits per heavy atom. The van der Waals surface area contributed by atoms with Gasteiger partial charge in [-0.1, -0.05) is 35.9 Å². The van der Waals surface area contributed by atoms with Crippen LogP contribution < -0.4 is 15.4 Å². The summed E-state index contributed by atoms with van der Waals surface area (Å²) in [6.07, 6.45) is -0.139. The van der Waals surface area contributed by atoms with Gasteiger partial charge in [-0.3, -0.25) is 9.59 Å². The van der Waals surface area contributed by atoms with Gasteiger partial charge < -0.3 is 15.4 Å². The van der Waals surface area contributed by atoms with E-state index < -0.39 is 6.10 Å². The van der Waals surface area contributed by atoms with Gasteiger partial charge in [0.25, 0.3) is 5.91 Å². The van der Waals surface area contributed by atoms with Crippen LogP contribution in [0.25, 0.3) is 0 Å². The maximum Gasteiger partial charge on any atom is 0.265 e. The molecule has 1 unspecified atom stereocenters. The highest BCUT2D eigenvalue weighted by Gasteiger charge is 2.23. The van der Waals surface area contributed by atoms with E-state index in [4.69, 9.17) is 4.74 Å². The zero-order valence-corrected chi connectivity index (χ0v) is 13.8. The Bertz CT molecular complexity index is 769. The lowest BCUT2D eigenvalue weighted by atomic mass is 10.1. The van der Waals surface area contributed by atoms with Crippen molar-refractivity contribution in [2.45, 2.75) is 32.9 Å². The molecule has 0 spiro atoms. The van der Waals surface area contributed by atoms with Gasteiger partial charge in [0.15, 0.2) is 6.10 Å². The monoisotopic (exact) mass is 324 g/mol. The number of benzene rings is 2. The van der Waals surface area contributed by atoms with Gasteiger partial charge in [0.1, 0.15) is 5.75 Å². The predicted molar refractivity (Wildman–Crippen MR) is 91.9 cm³/mol. The fraction of sp³-hybridized carbons (Fsp3) is 0.263. The largest absolute Gasteiger partial charge is 0.479 e. The first-order chi connectivity index (χ1) is 11.5. The molecule has 0 fully saturated rings. The van der Waals surface area contributed by atoms with E-state index >= 15 is 0 Å². The molecule has 1 heterocycles. The molecule has 124 valence electrons. The third-order valence-electron chi connectivity index (χ3n) is 3.95. The molecule has 5 nitrogen and oxygen atoms in total. The van der Waals surface area contributed by atoms with Gasteiger partial charge in [-0.05, 0) is 37.1 Å². The maximum atomic E-state index is 12.0. The maximum absolute atomic E-state index is 12.0. The Kier molecular flexibility index (Phi) is 4.51. The standard InChI is InChI=1S/C19H20N2O3/c1-12-3-5-14(6-4-12)10-18(22)20-11-15-7-8-17-16(9-15)21-19(23)13(2)24-17/h3-9,13H,10-11H2,1-2H3,(H,20,22)(H,21,23). The van der Waals surface area contributed by atoms with Crippen LogP contribution in [0.1, 0.15) is 23.6 Å². The minimum absolute atomic E-state index is 0.0366. The summed E-state index contributed by atoms with van der Waals surface area (Å²) in [5.74, 6) is 0.449. The van der Waals surface area contributed by atoms with Crippen LogP contribution in [0.15, 0.2) is 42.5 Å². The van der Waals surface area contributed by atoms with Crippen molar-refractivity contribution in [3.8, 4) is 5.75 Å². The third kappa shape index (κ3) is 3.74. The predicted octanol–water partition coefficient (Wildman–Crippen LogP) is 2.57. The molecular formula is C19H20N2O3. The van der Waals surface area contributed by atoms with Crippen molar-refractivity contribution in [2.75, 3.05) is 5.32 Å². The van der Waals surface area contributed by atoms with E-state index in [1.165, 1.54) is 5.56 Å². The first kappa shape index (κ1) is 16.1. The van der Waals surface area contributed by atoms with Gasteiger partial charge in [0.05, 0.1) is 12.1 Å². The molecule has 0 aromatic heterocycles. The molecule has 2 amide bonds. The van der Waals surface area contributed by atoms with Crippen LogP contribution in [0.2, 0.25) is 0 Å². The van der Waals surface area contributed by atoms with Gasteiger partial charge >= 0.3 is 0 Å². The zero-order chi connectivity index (χ0) is 17.1. The first-order valence-electron chi connectivity index (χ1n) is 7.94. The minimum Gasteiger partial charge on any atom is -0.479 e. The van der Waals surface area contributed by atoms with Crippen LogP contribution in [0.4, 0.5) is 5.69 Å². The molecule has 0 aliphatic carbocycles. The summed E-state index contributed by atoms with van der Waals surface area (Å²) in [6, 6.07) is 13.4. The number of fused-ring (bicyclic) bond motifs is 1. The van der Waals surface area contributed by atoms with Gasteiger partial charge in [-0.2, -0.15) is 0 Å². The van der Waals surface area contributed by atoms with Crippen molar-refractivity contribution >= 4 is 17.5 Å². The highest BCUT2D eigenvalue weighted by Crippen LogP contribution is 2.30. The van der Waals surface area contributed by atoms with Crippen molar-refractivity contribution in [1.82, 2.24) is 5.32 Å². The SMILES string of the molecule is Cc1ccc(CC(=O)NCc2ccc3c(c2)NC(=O)C(C)O3)cc1. The quantitative estimate of drug-likeness (QED) is 0.908. The van der Waals surface area contributed by atoms with Crippen LogP contribution >= 0.6 is 0 Å². The molecule has 0 bridgehead atoms. The second-order valence-corrected chi connectivity index (χ2v) is 6.02. The Morgan fingerprint density at radius 1 is 1.17 bits per heavy atom. The molecule has 0 radical (unpaired) electrons. The number of ether oxygens (including phenoxy) is 1. The molecule has 2 aromatic carbocycles. The lowest BCUT2D eigenvalue weighted by molar-refractivity contribution is -0.123. The number of rotatable bonds is 4. The van der Waals surface area contributed by atoms with E-state index in [1.54, 1.807) is 6.92 Å². The lowest BCUT2D eigenvalue weighted by Gasteiger charge is -2.23. The number of amides is 2. The van der Waals surface area contributed by atoms with Crippen LogP contribution in [0, 0.1) is 6.92 Å². The summed E-state index contributed by atoms with van der Waals surface area (Å²) < 4.78 is 5.51. The molecule has 1 aliphatic rings. The Hall–Kier alpha value is -2.82. The lowest BCUT2D eigenvalue weighted by Crippen LogP contribution is -2.34. The minimum atomic E-state index is -0.488. The molecule has 0 saturated carbocycles. The molecular weight excluding hydrogens is 304 g/mol. The van der Waals surface area contributed by atoms with E-state index in [0.717, 1.165) is 11.1 Å². The summed E-state index contributed by atoms with van der Waals surface area (Å²) >= 11 is 0. The Balaban J connectivity index is 1.58. The Morgan fingerprint density at radius 2 is 1.88 bits per heavy atom. The van der Waals surface area contributed by atoms with Crippen molar-refractivity contribution in [1.29, 1.82) is 0 Å². The van der Waals surface area contributed by atoms with E-state index in [1.807, 2.05) is 49.4 Å². The first-order valence-corrected chi connectivity index (χ1v) is 7.94. The van der Waals surface area contributed by atoms with Gasteiger partial charge in [0.2, 0.25) is 5.91 Å². The van der Waals surface area contributed by atoms with Crippen LogP contribution in [-0.4, -0.2) is 17.9 Å². The Labute approximate surface area is 141 Å². The van der Waals surface area contributed by atoms with Crippen molar-refractivity contribution in [3.05, 3.63) is 59.2 Å². The highest BCUT2D eigenvalue weighted by atomic mass is 16.5. The molecule has 0 saturated heterocycles. The second kappa shape index (κ2) is 6.74. The smallest absolute Gasteiger partial charge is 0.265 e. The normalized spacial score (nSPS) is 15.9. The summed E-state index contributed by atoms with van der Waals surface area (Å²) in [5.41, 5.74) is 3.71. The van der Waals surface area contributed by atoms with Crippen LogP contribution in [-0.2, 0) is 22.6 Å². The summed E-state index contributed by atoms with van der Waals surface area (Å²) in [6.45, 7) is 4.13. The van der Waals surface area contributed by atoms with E-state index in [9.17, 15) is 9.59 Å². The molecule has 1 atom stereocenters. The van der Waals surface area contributed by atoms with Crippen molar-refractivity contribution in [2.24, 2.45) is 0 Å². The van der Waals surface area contributed by atoms with Gasteiger partial charge in [-0.25, -0.2) is 0 Å². The summed E-state index contributed by atoms with van der Waals surface area (Å²) in [5, 5.41) is 5.70. The van der Waals surface area contributed by atoms with Crippen LogP contribution in [0.5, 0.6) is 5.75 Å². The third-order valence-corrected chi connectivity index (χ3v) is 3.95. The number of hydrogen-bond acceptors (Lipinski definition) is 3. The van der Waals surface area contributed by atoms with E-state index in [2.05, 4.69) is 10.6 Å². The topological polar surface area (TPSA) is 67.4 Å². The van der Waals surface area contributed by atoms with Gasteiger partial charge in [-0.15, -0.1) is 0 Å². The van der Waals surface area contributed by atoms with E-state index in [0.29, 0.717) is 24.4 Å². The molecule has 2 aromatic rings.